The summed E-state index contributed by atoms with van der Waals surface area (Å²) in [6, 6.07) is 0. The third-order valence-corrected chi connectivity index (χ3v) is 3.81. The lowest BCUT2D eigenvalue weighted by molar-refractivity contribution is -0.231. The van der Waals surface area contributed by atoms with Crippen molar-refractivity contribution in [2.24, 2.45) is 11.1 Å². The first-order chi connectivity index (χ1) is 8.10. The smallest absolute Gasteiger partial charge is 0.382 e. The molecule has 0 aliphatic heterocycles. The lowest BCUT2D eigenvalue weighted by atomic mass is 9.71. The molecule has 0 heterocycles. The summed E-state index contributed by atoms with van der Waals surface area (Å²) in [5.74, 6) is 0. The quantitative estimate of drug-likeness (QED) is 0.823. The van der Waals surface area contributed by atoms with E-state index in [1.807, 2.05) is 0 Å². The Labute approximate surface area is 105 Å². The number of hydrogen-bond donors (Lipinski definition) is 2. The van der Waals surface area contributed by atoms with Crippen molar-refractivity contribution in [2.75, 3.05) is 13.2 Å². The van der Waals surface area contributed by atoms with Crippen LogP contribution in [0.1, 0.15) is 39.5 Å². The molecule has 0 radical (unpaired) electrons. The minimum atomic E-state index is -4.64. The normalized spacial score (nSPS) is 24.8. The average molecular weight is 269 g/mol. The van der Waals surface area contributed by atoms with Crippen LogP contribution in [0.25, 0.3) is 0 Å². The van der Waals surface area contributed by atoms with E-state index in [-0.39, 0.29) is 12.0 Å². The molecular weight excluding hydrogens is 247 g/mol. The molecule has 1 aliphatic carbocycles. The van der Waals surface area contributed by atoms with Gasteiger partial charge in [0, 0.05) is 6.54 Å². The number of ether oxygens (including phenoxy) is 1. The van der Waals surface area contributed by atoms with Crippen LogP contribution >= 0.6 is 0 Å². The molecule has 1 fully saturated rings. The van der Waals surface area contributed by atoms with Crippen molar-refractivity contribution in [3.05, 3.63) is 0 Å². The maximum absolute atomic E-state index is 12.2. The Morgan fingerprint density at radius 2 is 1.72 bits per heavy atom. The molecule has 0 aromatic carbocycles. The zero-order chi connectivity index (χ0) is 14.0. The number of halogens is 3. The van der Waals surface area contributed by atoms with Crippen LogP contribution in [0.5, 0.6) is 0 Å². The summed E-state index contributed by atoms with van der Waals surface area (Å²) in [6.07, 6.45) is -4.05. The summed E-state index contributed by atoms with van der Waals surface area (Å²) >= 11 is 0. The highest BCUT2D eigenvalue weighted by Gasteiger charge is 2.42. The number of aliphatic hydroxyl groups excluding tert-OH is 1. The summed E-state index contributed by atoms with van der Waals surface area (Å²) in [7, 11) is 0. The highest BCUT2D eigenvalue weighted by atomic mass is 19.4. The van der Waals surface area contributed by atoms with E-state index in [0.717, 1.165) is 12.8 Å². The summed E-state index contributed by atoms with van der Waals surface area (Å²) in [4.78, 5) is 0. The van der Waals surface area contributed by atoms with Crippen molar-refractivity contribution < 1.29 is 23.0 Å². The molecule has 3 N–H and O–H groups in total. The molecule has 108 valence electrons. The molecule has 18 heavy (non-hydrogen) atoms. The van der Waals surface area contributed by atoms with Gasteiger partial charge in [0.25, 0.3) is 0 Å². The maximum atomic E-state index is 12.2. The average Bonchev–Trinajstić information content (AvgIpc) is 2.27. The van der Waals surface area contributed by atoms with Crippen molar-refractivity contribution in [3.8, 4) is 0 Å². The fourth-order valence-electron chi connectivity index (χ4n) is 2.14. The van der Waals surface area contributed by atoms with Gasteiger partial charge in [-0.1, -0.05) is 13.8 Å². The topological polar surface area (TPSA) is 55.5 Å². The maximum Gasteiger partial charge on any atom is 0.416 e. The molecule has 1 rings (SSSR count). The molecule has 6 heteroatoms. The summed E-state index contributed by atoms with van der Waals surface area (Å²) in [5.41, 5.74) is 5.11. The van der Waals surface area contributed by atoms with Gasteiger partial charge in [0.05, 0.1) is 12.2 Å². The molecule has 0 spiro atoms. The molecular formula is C12H22F3NO2. The first kappa shape index (κ1) is 15.7. The zero-order valence-corrected chi connectivity index (χ0v) is 10.9. The van der Waals surface area contributed by atoms with Gasteiger partial charge in [-0.15, -0.1) is 0 Å². The van der Waals surface area contributed by atoms with Crippen LogP contribution in [-0.2, 0) is 4.74 Å². The van der Waals surface area contributed by atoms with E-state index in [9.17, 15) is 13.2 Å². The summed E-state index contributed by atoms with van der Waals surface area (Å²) < 4.78 is 41.9. The van der Waals surface area contributed by atoms with Crippen LogP contribution in [0.3, 0.4) is 0 Å². The highest BCUT2D eigenvalue weighted by molar-refractivity contribution is 4.91. The minimum Gasteiger partial charge on any atom is -0.382 e. The van der Waals surface area contributed by atoms with Crippen LogP contribution in [0.4, 0.5) is 13.2 Å². The molecule has 0 aromatic heterocycles. The fraction of sp³-hybridized carbons (Fsp3) is 1.00. The van der Waals surface area contributed by atoms with Gasteiger partial charge >= 0.3 is 6.18 Å². The van der Waals surface area contributed by atoms with Gasteiger partial charge in [0.15, 0.2) is 6.10 Å². The lowest BCUT2D eigenvalue weighted by Crippen LogP contribution is -2.48. The van der Waals surface area contributed by atoms with Crippen LogP contribution < -0.4 is 5.73 Å². The van der Waals surface area contributed by atoms with Gasteiger partial charge in [0.1, 0.15) is 0 Å². The van der Waals surface area contributed by atoms with Crippen LogP contribution in [0, 0.1) is 5.41 Å². The largest absolute Gasteiger partial charge is 0.416 e. The van der Waals surface area contributed by atoms with Gasteiger partial charge in [-0.3, -0.25) is 0 Å². The molecule has 0 aromatic rings. The van der Waals surface area contributed by atoms with E-state index in [0.29, 0.717) is 12.8 Å². The Balaban J connectivity index is 2.53. The van der Waals surface area contributed by atoms with E-state index in [4.69, 9.17) is 15.6 Å². The van der Waals surface area contributed by atoms with E-state index >= 15 is 0 Å². The SMILES string of the molecule is CC1(C)CCC(CN)(OCC(O)C(F)(F)F)CC1. The predicted molar refractivity (Wildman–Crippen MR) is 62.0 cm³/mol. The predicted octanol–water partition coefficient (Wildman–Crippen LogP) is 2.22. The van der Waals surface area contributed by atoms with Crippen LogP contribution in [-0.4, -0.2) is 36.1 Å². The molecule has 1 saturated carbocycles. The molecule has 1 unspecified atom stereocenters. The molecule has 0 bridgehead atoms. The molecule has 3 nitrogen and oxygen atoms in total. The van der Waals surface area contributed by atoms with E-state index in [1.54, 1.807) is 0 Å². The number of hydrogen-bond acceptors (Lipinski definition) is 3. The second-order valence-corrected chi connectivity index (χ2v) is 5.92. The Morgan fingerprint density at radius 3 is 2.11 bits per heavy atom. The van der Waals surface area contributed by atoms with Crippen molar-refractivity contribution in [2.45, 2.75) is 57.4 Å². The van der Waals surface area contributed by atoms with Crippen molar-refractivity contribution in [1.29, 1.82) is 0 Å². The zero-order valence-electron chi connectivity index (χ0n) is 10.9. The van der Waals surface area contributed by atoms with Crippen molar-refractivity contribution in [3.63, 3.8) is 0 Å². The standard InChI is InChI=1S/C12H22F3NO2/c1-10(2)3-5-11(8-16,6-4-10)18-7-9(17)12(13,14)15/h9,17H,3-8,16H2,1-2H3. The molecule has 0 saturated heterocycles. The van der Waals surface area contributed by atoms with E-state index in [2.05, 4.69) is 13.8 Å². The Bertz CT molecular complexity index is 269. The summed E-state index contributed by atoms with van der Waals surface area (Å²) in [5, 5.41) is 8.94. The van der Waals surface area contributed by atoms with Gasteiger partial charge in [-0.25, -0.2) is 0 Å². The van der Waals surface area contributed by atoms with E-state index in [1.165, 1.54) is 0 Å². The Hall–Kier alpha value is -0.330. The van der Waals surface area contributed by atoms with Gasteiger partial charge in [0.2, 0.25) is 0 Å². The minimum absolute atomic E-state index is 0.185. The monoisotopic (exact) mass is 269 g/mol. The Morgan fingerprint density at radius 1 is 1.22 bits per heavy atom. The summed E-state index contributed by atoms with van der Waals surface area (Å²) in [6.45, 7) is 3.70. The third-order valence-electron chi connectivity index (χ3n) is 3.81. The first-order valence-electron chi connectivity index (χ1n) is 6.19. The van der Waals surface area contributed by atoms with E-state index < -0.39 is 24.5 Å². The van der Waals surface area contributed by atoms with Crippen LogP contribution in [0.2, 0.25) is 0 Å². The van der Waals surface area contributed by atoms with Gasteiger partial charge < -0.3 is 15.6 Å². The number of alkyl halides is 3. The number of aliphatic hydroxyl groups is 1. The fourth-order valence-corrected chi connectivity index (χ4v) is 2.14. The van der Waals surface area contributed by atoms with Crippen molar-refractivity contribution >= 4 is 0 Å². The van der Waals surface area contributed by atoms with Gasteiger partial charge in [-0.05, 0) is 31.1 Å². The lowest BCUT2D eigenvalue weighted by Gasteiger charge is -2.43. The van der Waals surface area contributed by atoms with Crippen LogP contribution in [0.15, 0.2) is 0 Å². The second kappa shape index (κ2) is 5.35. The van der Waals surface area contributed by atoms with Gasteiger partial charge in [-0.2, -0.15) is 13.2 Å². The highest BCUT2D eigenvalue weighted by Crippen LogP contribution is 2.41. The Kier molecular flexibility index (Phi) is 4.67. The number of rotatable bonds is 4. The third kappa shape index (κ3) is 4.10. The number of nitrogens with two attached hydrogens (primary N) is 1. The second-order valence-electron chi connectivity index (χ2n) is 5.92. The molecule has 1 aliphatic rings. The molecule has 1 atom stereocenters. The first-order valence-corrected chi connectivity index (χ1v) is 6.19. The van der Waals surface area contributed by atoms with Crippen molar-refractivity contribution in [1.82, 2.24) is 0 Å². The molecule has 0 amide bonds.